The van der Waals surface area contributed by atoms with Gasteiger partial charge in [0.05, 0.1) is 39.6 Å². The number of aliphatic hydroxyl groups is 1. The van der Waals surface area contributed by atoms with Gasteiger partial charge in [-0.2, -0.15) is 0 Å². The van der Waals surface area contributed by atoms with Gasteiger partial charge in [0.25, 0.3) is 5.88 Å². The summed E-state index contributed by atoms with van der Waals surface area (Å²) in [4.78, 5) is 52.8. The van der Waals surface area contributed by atoms with Crippen molar-refractivity contribution in [1.29, 1.82) is 0 Å². The lowest BCUT2D eigenvalue weighted by Gasteiger charge is -2.37. The molecule has 0 radical (unpaired) electrons. The molecule has 3 aromatic heterocycles. The number of nitrogens with zero attached hydrogens (tertiary/aromatic N) is 8. The van der Waals surface area contributed by atoms with E-state index >= 15 is 0 Å². The number of aliphatic hydroxyl groups excluding tert-OH is 1. The van der Waals surface area contributed by atoms with Crippen LogP contribution < -0.4 is 20.7 Å². The van der Waals surface area contributed by atoms with Gasteiger partial charge >= 0.3 is 6.09 Å². The Kier molecular flexibility index (Phi) is 16.5. The highest BCUT2D eigenvalue weighted by Crippen LogP contribution is 2.35. The summed E-state index contributed by atoms with van der Waals surface area (Å²) < 4.78 is 16.9. The quantitative estimate of drug-likeness (QED) is 0.0899. The number of thiazole rings is 1. The number of anilines is 2. The van der Waals surface area contributed by atoms with E-state index in [-0.39, 0.29) is 47.8 Å². The maximum atomic E-state index is 13.9. The predicted octanol–water partition coefficient (Wildman–Crippen LogP) is 6.79. The number of nitrogens with one attached hydrogen (secondary N) is 1. The zero-order chi connectivity index (χ0) is 49.3. The first-order valence-electron chi connectivity index (χ1n) is 24.6. The zero-order valence-electron chi connectivity index (χ0n) is 40.5. The number of piperazine rings is 1. The minimum atomic E-state index is -0.568. The average Bonchev–Trinajstić information content (AvgIpc) is 4.14. The van der Waals surface area contributed by atoms with Gasteiger partial charge in [-0.25, -0.2) is 9.78 Å². The van der Waals surface area contributed by atoms with E-state index in [0.717, 1.165) is 85.5 Å². The number of nitrogens with two attached hydrogens (primary N) is 1. The molecule has 4 fully saturated rings. The fraction of sp³-hybridized carbons (Fsp3) is 0.510. The van der Waals surface area contributed by atoms with Crippen LogP contribution in [0, 0.1) is 12.8 Å². The summed E-state index contributed by atoms with van der Waals surface area (Å²) in [6, 6.07) is 18.0. The number of hydrogen-bond donors (Lipinski definition) is 4. The molecule has 3 unspecified atom stereocenters. The number of phenols is 1. The van der Waals surface area contributed by atoms with Crippen LogP contribution in [0.25, 0.3) is 21.7 Å². The lowest BCUT2D eigenvalue weighted by Crippen LogP contribution is -2.50. The van der Waals surface area contributed by atoms with Gasteiger partial charge in [0.1, 0.15) is 30.4 Å². The number of ether oxygens (including phenoxy) is 2. The van der Waals surface area contributed by atoms with Crippen LogP contribution in [0.4, 0.5) is 16.3 Å². The fourth-order valence-electron chi connectivity index (χ4n) is 9.32. The van der Waals surface area contributed by atoms with Crippen LogP contribution in [0.5, 0.6) is 11.6 Å². The molecule has 3 aliphatic heterocycles. The molecule has 4 aliphatic rings. The molecule has 5 aromatic rings. The predicted molar refractivity (Wildman–Crippen MR) is 266 cm³/mol. The SMILES string of the molecule is Cc1ncsc1-c1ccc(C(C)NC(=O)C2CCCN2C(=O)C(c2cc(OCCN3CCC(O)CC3)no2)C(C)C)cc1.Nc1nnc(-c2ccccc2O)cc1N1CCN(C(=O)OC2CCC2)CC1. The van der Waals surface area contributed by atoms with E-state index in [1.54, 1.807) is 45.4 Å². The lowest BCUT2D eigenvalue weighted by atomic mass is 9.91. The molecule has 3 atom stereocenters. The van der Waals surface area contributed by atoms with Gasteiger partial charge in [-0.15, -0.1) is 21.5 Å². The summed E-state index contributed by atoms with van der Waals surface area (Å²) in [5.41, 5.74) is 12.9. The number of aryl methyl sites for hydroxylation is 1. The van der Waals surface area contributed by atoms with Crippen LogP contribution in [-0.2, 0) is 14.3 Å². The maximum Gasteiger partial charge on any atom is 0.410 e. The largest absolute Gasteiger partial charge is 0.507 e. The van der Waals surface area contributed by atoms with Gasteiger partial charge in [-0.3, -0.25) is 14.5 Å². The molecule has 0 bridgehead atoms. The lowest BCUT2D eigenvalue weighted by molar-refractivity contribution is -0.141. The second kappa shape index (κ2) is 23.1. The van der Waals surface area contributed by atoms with Crippen LogP contribution in [0.1, 0.15) is 94.7 Å². The Morgan fingerprint density at radius 3 is 2.33 bits per heavy atom. The summed E-state index contributed by atoms with van der Waals surface area (Å²) >= 11 is 1.62. The molecule has 374 valence electrons. The Bertz CT molecular complexity index is 2530. The van der Waals surface area contributed by atoms with E-state index in [2.05, 4.69) is 47.6 Å². The molecule has 70 heavy (non-hydrogen) atoms. The number of aromatic hydroxyl groups is 1. The average molecular weight is 979 g/mol. The number of para-hydroxylation sites is 1. The molecular weight excluding hydrogens is 913 g/mol. The Balaban J connectivity index is 0.000000209. The topological polar surface area (TPSA) is 226 Å². The van der Waals surface area contributed by atoms with Crippen LogP contribution >= 0.6 is 11.3 Å². The summed E-state index contributed by atoms with van der Waals surface area (Å²) in [7, 11) is 0. The van der Waals surface area contributed by atoms with Crippen LogP contribution in [-0.4, -0.2) is 140 Å². The Morgan fingerprint density at radius 2 is 1.66 bits per heavy atom. The van der Waals surface area contributed by atoms with Crippen molar-refractivity contribution in [3.63, 3.8) is 0 Å². The van der Waals surface area contributed by atoms with Crippen LogP contribution in [0.2, 0.25) is 0 Å². The molecule has 1 aliphatic carbocycles. The van der Waals surface area contributed by atoms with Gasteiger partial charge in [0, 0.05) is 64.0 Å². The molecule has 18 nitrogen and oxygen atoms in total. The summed E-state index contributed by atoms with van der Waals surface area (Å²) in [6.45, 7) is 13.7. The van der Waals surface area contributed by atoms with Crippen LogP contribution in [0.15, 0.2) is 70.7 Å². The number of nitrogen functional groups attached to an aromatic ring is 1. The number of hydrogen-bond acceptors (Lipinski definition) is 16. The first kappa shape index (κ1) is 50.1. The second-order valence-electron chi connectivity index (χ2n) is 18.9. The van der Waals surface area contributed by atoms with Crippen molar-refractivity contribution >= 4 is 40.7 Å². The Morgan fingerprint density at radius 1 is 0.914 bits per heavy atom. The van der Waals surface area contributed by atoms with Crippen molar-refractivity contribution in [2.45, 2.75) is 103 Å². The van der Waals surface area contributed by atoms with E-state index in [1.807, 2.05) is 57.5 Å². The minimum absolute atomic E-state index is 0.0583. The van der Waals surface area contributed by atoms with E-state index in [0.29, 0.717) is 74.5 Å². The first-order valence-corrected chi connectivity index (χ1v) is 25.4. The summed E-state index contributed by atoms with van der Waals surface area (Å²) in [6.07, 6.45) is 5.69. The molecule has 1 saturated carbocycles. The third-order valence-electron chi connectivity index (χ3n) is 13.8. The number of carbonyl (C=O) groups is 3. The Labute approximate surface area is 413 Å². The van der Waals surface area contributed by atoms with E-state index in [9.17, 15) is 24.6 Å². The number of rotatable bonds is 14. The summed E-state index contributed by atoms with van der Waals surface area (Å²) in [5, 5.41) is 35.1. The standard InChI is InChI=1S/C32H43N5O5S.C19H23N5O3/c1-20(2)29(27-18-28(35-42-27)41-17-16-36-14-11-25(38)12-15-36)32(40)37-13-5-6-26(37)31(39)34-21(3)23-7-9-24(10-8-23)30-22(4)33-19-43-30;20-18-16(12-15(21-22-18)14-6-1-2-7-17(14)25)23-8-10-24(11-9-23)19(26)27-13-4-3-5-13/h7-10,18-21,25-26,29,38H,5-6,11-17H2,1-4H3,(H,34,39);1-2,6-7,12-13,25H,3-5,8-11H2,(H2,20,22). The third kappa shape index (κ3) is 12.2. The van der Waals surface area contributed by atoms with Crippen molar-refractivity contribution in [2.75, 3.05) is 69.6 Å². The molecule has 0 spiro atoms. The number of amides is 3. The highest BCUT2D eigenvalue weighted by atomic mass is 32.1. The number of carbonyl (C=O) groups excluding carboxylic acids is 3. The molecule has 3 saturated heterocycles. The van der Waals surface area contributed by atoms with Gasteiger partial charge < -0.3 is 50.0 Å². The highest BCUT2D eigenvalue weighted by molar-refractivity contribution is 7.13. The number of phenolic OH excluding ortho intramolecular Hbond substituents is 1. The molecule has 2 aromatic carbocycles. The molecular formula is C51H66N10O8S. The molecule has 9 rings (SSSR count). The molecule has 19 heteroatoms. The molecule has 6 heterocycles. The van der Waals surface area contributed by atoms with E-state index < -0.39 is 12.0 Å². The van der Waals surface area contributed by atoms with Gasteiger partial charge in [-0.05, 0) is 99.2 Å². The van der Waals surface area contributed by atoms with Gasteiger partial charge in [-0.1, -0.05) is 50.2 Å². The normalized spacial score (nSPS) is 18.7. The monoisotopic (exact) mass is 978 g/mol. The van der Waals surface area contributed by atoms with E-state index in [4.69, 9.17) is 19.7 Å². The number of aromatic nitrogens is 4. The van der Waals surface area contributed by atoms with Crippen molar-refractivity contribution in [1.82, 2.24) is 40.4 Å². The maximum absolute atomic E-state index is 13.9. The first-order chi connectivity index (χ1) is 33.8. The molecule has 5 N–H and O–H groups in total. The third-order valence-corrected chi connectivity index (χ3v) is 14.7. The highest BCUT2D eigenvalue weighted by Gasteiger charge is 2.40. The second-order valence-corrected chi connectivity index (χ2v) is 19.8. The fourth-order valence-corrected chi connectivity index (χ4v) is 10.1. The number of likely N-dealkylation sites (tertiary alicyclic amines) is 2. The molecule has 3 amide bonds. The van der Waals surface area contributed by atoms with Crippen molar-refractivity contribution in [3.05, 3.63) is 83.2 Å². The minimum Gasteiger partial charge on any atom is -0.507 e. The van der Waals surface area contributed by atoms with Crippen LogP contribution in [0.3, 0.4) is 0 Å². The van der Waals surface area contributed by atoms with Gasteiger partial charge in [0.15, 0.2) is 11.6 Å². The van der Waals surface area contributed by atoms with Crippen molar-refractivity contribution in [3.8, 4) is 33.3 Å². The van der Waals surface area contributed by atoms with Gasteiger partial charge in [0.2, 0.25) is 11.8 Å². The zero-order valence-corrected chi connectivity index (χ0v) is 41.4. The smallest absolute Gasteiger partial charge is 0.410 e. The van der Waals surface area contributed by atoms with Crippen molar-refractivity contribution < 1.29 is 38.6 Å². The number of benzene rings is 2. The Hall–Kier alpha value is -6.31. The van der Waals surface area contributed by atoms with E-state index in [1.165, 1.54) is 0 Å². The van der Waals surface area contributed by atoms with Crippen molar-refractivity contribution in [2.24, 2.45) is 5.92 Å². The number of piperidine rings is 1. The summed E-state index contributed by atoms with van der Waals surface area (Å²) in [5.74, 6) is 0.386.